The highest BCUT2D eigenvalue weighted by atomic mass is 32.1. The van der Waals surface area contributed by atoms with Crippen LogP contribution in [0.25, 0.3) is 16.9 Å². The van der Waals surface area contributed by atoms with Crippen LogP contribution < -0.4 is 0 Å². The lowest BCUT2D eigenvalue weighted by Crippen LogP contribution is -1.98. The lowest BCUT2D eigenvalue weighted by molar-refractivity contribution is 0.433. The molecule has 1 aromatic carbocycles. The Morgan fingerprint density at radius 2 is 1.91 bits per heavy atom. The van der Waals surface area contributed by atoms with E-state index in [2.05, 4.69) is 28.8 Å². The average molecular weight is 308 g/mol. The molecular weight excluding hydrogens is 296 g/mol. The van der Waals surface area contributed by atoms with Crippen LogP contribution in [0.1, 0.15) is 11.3 Å². The molecule has 3 aromatic rings. The maximum atomic E-state index is 10.5. The number of nitrogens with zero attached hydrogens (tertiary/aromatic N) is 4. The third-order valence-electron chi connectivity index (χ3n) is 3.29. The van der Waals surface area contributed by atoms with Crippen LogP contribution in [0.15, 0.2) is 47.5 Å². The number of thiol groups is 1. The van der Waals surface area contributed by atoms with E-state index >= 15 is 0 Å². The van der Waals surface area contributed by atoms with Crippen LogP contribution in [0.2, 0.25) is 0 Å². The second-order valence-electron chi connectivity index (χ2n) is 4.76. The Labute approximate surface area is 132 Å². The minimum Gasteiger partial charge on any atom is -0.493 e. The van der Waals surface area contributed by atoms with Crippen molar-refractivity contribution in [2.24, 2.45) is 0 Å². The largest absolute Gasteiger partial charge is 0.493 e. The molecule has 0 aliphatic carbocycles. The molecule has 0 fully saturated rings. The van der Waals surface area contributed by atoms with E-state index in [-0.39, 0.29) is 5.88 Å². The fourth-order valence-corrected chi connectivity index (χ4v) is 2.36. The monoisotopic (exact) mass is 308 g/mol. The number of hydrogen-bond acceptors (Lipinski definition) is 5. The van der Waals surface area contributed by atoms with Gasteiger partial charge in [-0.1, -0.05) is 12.1 Å². The van der Waals surface area contributed by atoms with Crippen molar-refractivity contribution >= 4 is 12.6 Å². The molecule has 0 saturated heterocycles. The molecule has 0 radical (unpaired) electrons. The summed E-state index contributed by atoms with van der Waals surface area (Å²) < 4.78 is 1.39. The zero-order valence-electron chi connectivity index (χ0n) is 11.7. The second-order valence-corrected chi connectivity index (χ2v) is 5.28. The first-order valence-corrected chi connectivity index (χ1v) is 6.99. The molecular formula is C16H12N4OS. The highest BCUT2D eigenvalue weighted by molar-refractivity contribution is 7.80. The van der Waals surface area contributed by atoms with Crippen molar-refractivity contribution in [3.8, 4) is 28.9 Å². The molecule has 3 rings (SSSR count). The van der Waals surface area contributed by atoms with Gasteiger partial charge in [0, 0.05) is 11.1 Å². The molecule has 0 unspecified atom stereocenters. The Bertz CT molecular complexity index is 861. The van der Waals surface area contributed by atoms with E-state index in [1.165, 1.54) is 4.68 Å². The molecule has 0 aliphatic heterocycles. The number of hydrogen-bond donors (Lipinski definition) is 2. The quantitative estimate of drug-likeness (QED) is 0.713. The molecule has 22 heavy (non-hydrogen) atoms. The number of nitriles is 1. The molecule has 0 amide bonds. The van der Waals surface area contributed by atoms with Crippen LogP contribution in [-0.4, -0.2) is 19.9 Å². The van der Waals surface area contributed by atoms with Gasteiger partial charge in [-0.3, -0.25) is 0 Å². The van der Waals surface area contributed by atoms with Crippen LogP contribution in [0.5, 0.6) is 5.88 Å². The van der Waals surface area contributed by atoms with E-state index < -0.39 is 0 Å². The van der Waals surface area contributed by atoms with E-state index in [1.54, 1.807) is 42.6 Å². The molecule has 0 spiro atoms. The summed E-state index contributed by atoms with van der Waals surface area (Å²) in [7, 11) is 0. The van der Waals surface area contributed by atoms with Crippen molar-refractivity contribution < 1.29 is 5.11 Å². The second kappa shape index (κ2) is 5.54. The van der Waals surface area contributed by atoms with E-state index in [4.69, 9.17) is 5.26 Å². The van der Waals surface area contributed by atoms with Gasteiger partial charge in [0.15, 0.2) is 5.82 Å². The summed E-state index contributed by atoms with van der Waals surface area (Å²) in [6.45, 7) is 1.82. The van der Waals surface area contributed by atoms with Crippen LogP contribution in [0, 0.1) is 18.3 Å². The highest BCUT2D eigenvalue weighted by Crippen LogP contribution is 2.33. The van der Waals surface area contributed by atoms with Gasteiger partial charge >= 0.3 is 0 Å². The van der Waals surface area contributed by atoms with Gasteiger partial charge in [-0.05, 0) is 36.8 Å². The molecule has 6 heteroatoms. The smallest absolute Gasteiger partial charge is 0.223 e. The van der Waals surface area contributed by atoms with Gasteiger partial charge < -0.3 is 5.11 Å². The standard InChI is InChI=1S/C16H12N4OS/c1-10-15(12-4-2-11(8-17)3-5-12)16(21)20(19-10)14-7-6-13(22)9-18-14/h2-7,9,21-22H,1H3. The zero-order valence-corrected chi connectivity index (χ0v) is 12.6. The van der Waals surface area contributed by atoms with Crippen LogP contribution in [0.3, 0.4) is 0 Å². The third-order valence-corrected chi connectivity index (χ3v) is 3.55. The molecule has 0 bridgehead atoms. The number of benzene rings is 1. The van der Waals surface area contributed by atoms with Crippen molar-refractivity contribution in [2.45, 2.75) is 11.8 Å². The number of aromatic hydroxyl groups is 1. The van der Waals surface area contributed by atoms with Crippen molar-refractivity contribution in [2.75, 3.05) is 0 Å². The van der Waals surface area contributed by atoms with Gasteiger partial charge in [-0.15, -0.1) is 12.6 Å². The first-order chi connectivity index (χ1) is 10.6. The summed E-state index contributed by atoms with van der Waals surface area (Å²) in [5.41, 5.74) is 2.67. The molecule has 2 aromatic heterocycles. The molecule has 0 saturated carbocycles. The number of aryl methyl sites for hydroxylation is 1. The summed E-state index contributed by atoms with van der Waals surface area (Å²) in [5, 5.41) is 23.7. The molecule has 1 N–H and O–H groups in total. The number of pyridine rings is 1. The minimum absolute atomic E-state index is 0.0154. The average Bonchev–Trinajstić information content (AvgIpc) is 2.83. The Kier molecular flexibility index (Phi) is 3.57. The molecule has 5 nitrogen and oxygen atoms in total. The van der Waals surface area contributed by atoms with Gasteiger partial charge in [0.2, 0.25) is 5.88 Å². The van der Waals surface area contributed by atoms with Crippen LogP contribution in [0.4, 0.5) is 0 Å². The Morgan fingerprint density at radius 3 is 2.50 bits per heavy atom. The van der Waals surface area contributed by atoms with E-state index in [0.717, 1.165) is 10.5 Å². The number of aromatic nitrogens is 3. The first-order valence-electron chi connectivity index (χ1n) is 6.54. The molecule has 2 heterocycles. The normalized spacial score (nSPS) is 10.4. The maximum absolute atomic E-state index is 10.5. The van der Waals surface area contributed by atoms with Gasteiger partial charge in [-0.25, -0.2) is 4.98 Å². The van der Waals surface area contributed by atoms with Crippen molar-refractivity contribution in [3.63, 3.8) is 0 Å². The van der Waals surface area contributed by atoms with Crippen LogP contribution >= 0.6 is 12.6 Å². The van der Waals surface area contributed by atoms with Gasteiger partial charge in [0.1, 0.15) is 0 Å². The SMILES string of the molecule is Cc1nn(-c2ccc(S)cn2)c(O)c1-c1ccc(C#N)cc1. The minimum atomic E-state index is 0.0154. The Morgan fingerprint density at radius 1 is 1.18 bits per heavy atom. The van der Waals surface area contributed by atoms with Gasteiger partial charge in [0.05, 0.1) is 22.9 Å². The van der Waals surface area contributed by atoms with Crippen LogP contribution in [-0.2, 0) is 0 Å². The van der Waals surface area contributed by atoms with Crippen molar-refractivity contribution in [3.05, 3.63) is 53.9 Å². The summed E-state index contributed by atoms with van der Waals surface area (Å²) >= 11 is 4.19. The summed E-state index contributed by atoms with van der Waals surface area (Å²) in [5.74, 6) is 0.528. The zero-order chi connectivity index (χ0) is 15.7. The summed E-state index contributed by atoms with van der Waals surface area (Å²) in [6.07, 6.45) is 1.59. The van der Waals surface area contributed by atoms with Gasteiger partial charge in [0.25, 0.3) is 0 Å². The molecule has 0 aliphatic rings. The molecule has 108 valence electrons. The highest BCUT2D eigenvalue weighted by Gasteiger charge is 2.17. The Hall–Kier alpha value is -2.78. The summed E-state index contributed by atoms with van der Waals surface area (Å²) in [4.78, 5) is 4.94. The summed E-state index contributed by atoms with van der Waals surface area (Å²) in [6, 6.07) is 12.6. The van der Waals surface area contributed by atoms with Crippen molar-refractivity contribution in [1.82, 2.24) is 14.8 Å². The topological polar surface area (TPSA) is 74.7 Å². The third kappa shape index (κ3) is 2.43. The fourth-order valence-electron chi connectivity index (χ4n) is 2.23. The van der Waals surface area contributed by atoms with E-state index in [9.17, 15) is 5.11 Å². The van der Waals surface area contributed by atoms with Gasteiger partial charge in [-0.2, -0.15) is 15.0 Å². The lowest BCUT2D eigenvalue weighted by Gasteiger charge is -2.04. The van der Waals surface area contributed by atoms with Crippen molar-refractivity contribution in [1.29, 1.82) is 5.26 Å². The lowest BCUT2D eigenvalue weighted by atomic mass is 10.0. The Balaban J connectivity index is 2.10. The first kappa shape index (κ1) is 14.2. The van der Waals surface area contributed by atoms with E-state index in [1.807, 2.05) is 6.92 Å². The van der Waals surface area contributed by atoms with E-state index in [0.29, 0.717) is 22.6 Å². The molecule has 0 atom stereocenters. The number of rotatable bonds is 2. The predicted molar refractivity (Wildman–Crippen MR) is 85.2 cm³/mol. The maximum Gasteiger partial charge on any atom is 0.223 e. The predicted octanol–water partition coefficient (Wildman–Crippen LogP) is 3.11. The fraction of sp³-hybridized carbons (Fsp3) is 0.0625.